The molecule has 2 saturated heterocycles. The SMILES string of the molecule is O=C1CCN(C(=O)CN2CCOCC2CO)CC1. The maximum absolute atomic E-state index is 12.1. The van der Waals surface area contributed by atoms with Crippen LogP contribution in [0.2, 0.25) is 0 Å². The number of carbonyl (C=O) groups is 2. The molecular formula is C12H20N2O4. The quantitative estimate of drug-likeness (QED) is 0.692. The first-order valence-corrected chi connectivity index (χ1v) is 6.43. The van der Waals surface area contributed by atoms with Gasteiger partial charge in [0.2, 0.25) is 5.91 Å². The first-order valence-electron chi connectivity index (χ1n) is 6.43. The Hall–Kier alpha value is -0.980. The van der Waals surface area contributed by atoms with Crippen molar-refractivity contribution in [3.8, 4) is 0 Å². The smallest absolute Gasteiger partial charge is 0.236 e. The molecular weight excluding hydrogens is 236 g/mol. The summed E-state index contributed by atoms with van der Waals surface area (Å²) in [5.74, 6) is 0.279. The fourth-order valence-corrected chi connectivity index (χ4v) is 2.34. The van der Waals surface area contributed by atoms with Gasteiger partial charge in [-0.15, -0.1) is 0 Å². The summed E-state index contributed by atoms with van der Waals surface area (Å²) in [4.78, 5) is 26.9. The number of piperidine rings is 1. The van der Waals surface area contributed by atoms with Gasteiger partial charge in [0.05, 0.1) is 32.4 Å². The van der Waals surface area contributed by atoms with E-state index in [9.17, 15) is 14.7 Å². The van der Waals surface area contributed by atoms with Gasteiger partial charge in [-0.2, -0.15) is 0 Å². The van der Waals surface area contributed by atoms with Crippen molar-refractivity contribution in [3.05, 3.63) is 0 Å². The Bertz CT molecular complexity index is 311. The zero-order valence-corrected chi connectivity index (χ0v) is 10.5. The molecule has 0 aromatic rings. The summed E-state index contributed by atoms with van der Waals surface area (Å²) in [6, 6.07) is -0.0888. The van der Waals surface area contributed by atoms with E-state index in [2.05, 4.69) is 0 Å². The van der Waals surface area contributed by atoms with Crippen molar-refractivity contribution < 1.29 is 19.4 Å². The van der Waals surface area contributed by atoms with Gasteiger partial charge >= 0.3 is 0 Å². The highest BCUT2D eigenvalue weighted by Crippen LogP contribution is 2.10. The second-order valence-electron chi connectivity index (χ2n) is 4.80. The van der Waals surface area contributed by atoms with E-state index in [1.165, 1.54) is 0 Å². The van der Waals surface area contributed by atoms with Crippen molar-refractivity contribution in [1.29, 1.82) is 0 Å². The number of hydrogen-bond acceptors (Lipinski definition) is 5. The van der Waals surface area contributed by atoms with Gasteiger partial charge in [0, 0.05) is 32.5 Å². The topological polar surface area (TPSA) is 70.1 Å². The van der Waals surface area contributed by atoms with E-state index in [4.69, 9.17) is 4.74 Å². The average molecular weight is 256 g/mol. The second-order valence-corrected chi connectivity index (χ2v) is 4.80. The Morgan fingerprint density at radius 2 is 2.06 bits per heavy atom. The molecule has 2 aliphatic heterocycles. The largest absolute Gasteiger partial charge is 0.395 e. The minimum absolute atomic E-state index is 0.00572. The van der Waals surface area contributed by atoms with Gasteiger partial charge < -0.3 is 14.7 Å². The third-order valence-corrected chi connectivity index (χ3v) is 3.57. The molecule has 2 heterocycles. The van der Waals surface area contributed by atoms with Gasteiger partial charge in [-0.3, -0.25) is 14.5 Å². The first-order chi connectivity index (χ1) is 8.70. The van der Waals surface area contributed by atoms with Crippen LogP contribution in [0.4, 0.5) is 0 Å². The number of morpholine rings is 1. The molecule has 2 aliphatic rings. The van der Waals surface area contributed by atoms with Crippen molar-refractivity contribution in [2.24, 2.45) is 0 Å². The number of nitrogens with zero attached hydrogens (tertiary/aromatic N) is 2. The summed E-state index contributed by atoms with van der Waals surface area (Å²) in [6.45, 7) is 3.13. The van der Waals surface area contributed by atoms with E-state index < -0.39 is 0 Å². The molecule has 0 aliphatic carbocycles. The number of carbonyl (C=O) groups excluding carboxylic acids is 2. The molecule has 0 spiro atoms. The predicted molar refractivity (Wildman–Crippen MR) is 64.1 cm³/mol. The summed E-state index contributed by atoms with van der Waals surface area (Å²) in [6.07, 6.45) is 0.941. The number of amides is 1. The standard InChI is InChI=1S/C12H20N2O4/c15-8-10-9-18-6-5-14(10)7-12(17)13-3-1-11(16)2-4-13/h10,15H,1-9H2. The number of rotatable bonds is 3. The molecule has 2 fully saturated rings. The number of ketones is 1. The highest BCUT2D eigenvalue weighted by Gasteiger charge is 2.27. The van der Waals surface area contributed by atoms with Gasteiger partial charge in [-0.1, -0.05) is 0 Å². The van der Waals surface area contributed by atoms with Crippen LogP contribution in [0.25, 0.3) is 0 Å². The van der Waals surface area contributed by atoms with Crippen LogP contribution in [0.5, 0.6) is 0 Å². The van der Waals surface area contributed by atoms with Crippen molar-refractivity contribution in [1.82, 2.24) is 9.80 Å². The van der Waals surface area contributed by atoms with Gasteiger partial charge in [0.1, 0.15) is 5.78 Å². The maximum atomic E-state index is 12.1. The summed E-state index contributed by atoms with van der Waals surface area (Å²) >= 11 is 0. The molecule has 6 heteroatoms. The zero-order valence-electron chi connectivity index (χ0n) is 10.5. The Morgan fingerprint density at radius 1 is 1.33 bits per heavy atom. The number of likely N-dealkylation sites (tertiary alicyclic amines) is 1. The van der Waals surface area contributed by atoms with E-state index in [1.54, 1.807) is 4.90 Å². The van der Waals surface area contributed by atoms with Crippen LogP contribution in [0.1, 0.15) is 12.8 Å². The summed E-state index contributed by atoms with van der Waals surface area (Å²) < 4.78 is 5.27. The van der Waals surface area contributed by atoms with E-state index in [0.717, 1.165) is 0 Å². The highest BCUT2D eigenvalue weighted by atomic mass is 16.5. The van der Waals surface area contributed by atoms with Gasteiger partial charge in [-0.25, -0.2) is 0 Å². The third kappa shape index (κ3) is 3.28. The lowest BCUT2D eigenvalue weighted by atomic mass is 10.1. The lowest BCUT2D eigenvalue weighted by molar-refractivity contribution is -0.138. The summed E-state index contributed by atoms with van der Waals surface area (Å²) in [5.41, 5.74) is 0. The Labute approximate surface area is 106 Å². The van der Waals surface area contributed by atoms with Crippen LogP contribution < -0.4 is 0 Å². The van der Waals surface area contributed by atoms with Gasteiger partial charge in [0.15, 0.2) is 0 Å². The molecule has 2 rings (SSSR count). The van der Waals surface area contributed by atoms with Crippen molar-refractivity contribution in [3.63, 3.8) is 0 Å². The van der Waals surface area contributed by atoms with E-state index >= 15 is 0 Å². The van der Waals surface area contributed by atoms with Crippen LogP contribution in [-0.2, 0) is 14.3 Å². The average Bonchev–Trinajstić information content (AvgIpc) is 2.40. The van der Waals surface area contributed by atoms with Crippen LogP contribution >= 0.6 is 0 Å². The van der Waals surface area contributed by atoms with Crippen LogP contribution in [0, 0.1) is 0 Å². The minimum atomic E-state index is -0.0888. The molecule has 0 bridgehead atoms. The minimum Gasteiger partial charge on any atom is -0.395 e. The van der Waals surface area contributed by atoms with Gasteiger partial charge in [0.25, 0.3) is 0 Å². The number of hydrogen-bond donors (Lipinski definition) is 1. The second kappa shape index (κ2) is 6.26. The zero-order chi connectivity index (χ0) is 13.0. The number of aliphatic hydroxyl groups is 1. The summed E-state index contributed by atoms with van der Waals surface area (Å²) in [5, 5.41) is 9.23. The fourth-order valence-electron chi connectivity index (χ4n) is 2.34. The molecule has 0 radical (unpaired) electrons. The highest BCUT2D eigenvalue weighted by molar-refractivity contribution is 5.84. The molecule has 1 atom stereocenters. The third-order valence-electron chi connectivity index (χ3n) is 3.57. The molecule has 18 heavy (non-hydrogen) atoms. The Morgan fingerprint density at radius 3 is 2.72 bits per heavy atom. The summed E-state index contributed by atoms with van der Waals surface area (Å²) in [7, 11) is 0. The van der Waals surface area contributed by atoms with Crippen molar-refractivity contribution >= 4 is 11.7 Å². The molecule has 0 saturated carbocycles. The van der Waals surface area contributed by atoms with Crippen molar-refractivity contribution in [2.45, 2.75) is 18.9 Å². The molecule has 0 aromatic carbocycles. The van der Waals surface area contributed by atoms with Crippen molar-refractivity contribution in [2.75, 3.05) is 46.0 Å². The maximum Gasteiger partial charge on any atom is 0.236 e. The van der Waals surface area contributed by atoms with E-state index in [0.29, 0.717) is 52.2 Å². The van der Waals surface area contributed by atoms with E-state index in [1.807, 2.05) is 4.90 Å². The fraction of sp³-hybridized carbons (Fsp3) is 0.833. The number of aliphatic hydroxyl groups excluding tert-OH is 1. The van der Waals surface area contributed by atoms with E-state index in [-0.39, 0.29) is 24.3 Å². The normalized spacial score (nSPS) is 26.4. The Balaban J connectivity index is 1.84. The lowest BCUT2D eigenvalue weighted by Gasteiger charge is -2.36. The molecule has 6 nitrogen and oxygen atoms in total. The lowest BCUT2D eigenvalue weighted by Crippen LogP contribution is -2.52. The number of Topliss-reactive ketones (excluding diaryl/α,β-unsaturated/α-hetero) is 1. The van der Waals surface area contributed by atoms with Crippen LogP contribution in [-0.4, -0.2) is 78.6 Å². The number of ether oxygens (including phenoxy) is 1. The molecule has 1 N–H and O–H groups in total. The molecule has 1 unspecified atom stereocenters. The predicted octanol–water partition coefficient (Wildman–Crippen LogP) is -1.13. The van der Waals surface area contributed by atoms with Crippen LogP contribution in [0.15, 0.2) is 0 Å². The van der Waals surface area contributed by atoms with Gasteiger partial charge in [-0.05, 0) is 0 Å². The molecule has 1 amide bonds. The van der Waals surface area contributed by atoms with Crippen LogP contribution in [0.3, 0.4) is 0 Å². The molecule has 0 aromatic heterocycles. The monoisotopic (exact) mass is 256 g/mol. The Kier molecular flexibility index (Phi) is 4.68. The first kappa shape index (κ1) is 13.5. The molecule has 102 valence electrons.